The van der Waals surface area contributed by atoms with Gasteiger partial charge in [0.2, 0.25) is 0 Å². The monoisotopic (exact) mass is 596 g/mol. The first-order valence-corrected chi connectivity index (χ1v) is 15.0. The minimum absolute atomic E-state index is 0.0132. The van der Waals surface area contributed by atoms with Gasteiger partial charge in [0.1, 0.15) is 31.1 Å². The molecule has 2 unspecified atom stereocenters. The van der Waals surface area contributed by atoms with Gasteiger partial charge in [-0.3, -0.25) is 9.08 Å². The predicted octanol–water partition coefficient (Wildman–Crippen LogP) is 6.31. The van der Waals surface area contributed by atoms with Crippen LogP contribution < -0.4 is 9.80 Å². The number of ether oxygens (including phenoxy) is 2. The summed E-state index contributed by atoms with van der Waals surface area (Å²) in [7, 11) is 1.69. The van der Waals surface area contributed by atoms with Crippen molar-refractivity contribution in [3.8, 4) is 11.1 Å². The molecule has 0 bridgehead atoms. The third-order valence-electron chi connectivity index (χ3n) is 6.22. The van der Waals surface area contributed by atoms with Crippen LogP contribution in [0.1, 0.15) is 40.0 Å². The van der Waals surface area contributed by atoms with Gasteiger partial charge in [-0.1, -0.05) is 32.9 Å². The summed E-state index contributed by atoms with van der Waals surface area (Å²) in [6.07, 6.45) is 4.96. The van der Waals surface area contributed by atoms with E-state index in [9.17, 15) is 17.8 Å². The van der Waals surface area contributed by atoms with Gasteiger partial charge < -0.3 is 19.2 Å². The van der Waals surface area contributed by atoms with Gasteiger partial charge >= 0.3 is 6.09 Å². The molecule has 2 aliphatic rings. The average molecular weight is 597 g/mol. The van der Waals surface area contributed by atoms with Crippen molar-refractivity contribution in [2.45, 2.75) is 52.2 Å². The van der Waals surface area contributed by atoms with Crippen LogP contribution in [-0.4, -0.2) is 68.9 Å². The van der Waals surface area contributed by atoms with Crippen LogP contribution in [0.3, 0.4) is 0 Å². The SMILES string of the molecule is C=CCC.C=O.CC.COC1CCN(c2ccc(-c3ccc(N4CC(COS(C)=O)OC4=O)cc3F)cc2F)CC1. The summed E-state index contributed by atoms with van der Waals surface area (Å²) in [6, 6.07) is 9.02. The number of carbonyl (C=O) groups excluding carboxylic acids is 2. The lowest BCUT2D eigenvalue weighted by Gasteiger charge is -2.33. The number of amides is 1. The Bertz CT molecular complexity index is 1130. The van der Waals surface area contributed by atoms with E-state index in [4.69, 9.17) is 18.5 Å². The van der Waals surface area contributed by atoms with Gasteiger partial charge in [-0.05, 0) is 55.2 Å². The summed E-state index contributed by atoms with van der Waals surface area (Å²) in [5.41, 5.74) is 1.45. The zero-order valence-corrected chi connectivity index (χ0v) is 25.4. The molecule has 228 valence electrons. The van der Waals surface area contributed by atoms with Crippen LogP contribution in [0.4, 0.5) is 25.0 Å². The molecule has 41 heavy (non-hydrogen) atoms. The quantitative estimate of drug-likeness (QED) is 0.331. The molecule has 2 aromatic carbocycles. The van der Waals surface area contributed by atoms with Gasteiger partial charge in [-0.2, -0.15) is 0 Å². The number of piperidine rings is 1. The molecule has 0 aliphatic carbocycles. The first-order chi connectivity index (χ1) is 19.8. The normalized spacial score (nSPS) is 17.1. The highest BCUT2D eigenvalue weighted by molar-refractivity contribution is 7.79. The fraction of sp³-hybridized carbons (Fsp3) is 0.467. The highest BCUT2D eigenvalue weighted by Gasteiger charge is 2.33. The van der Waals surface area contributed by atoms with Crippen molar-refractivity contribution in [2.75, 3.05) is 49.4 Å². The maximum Gasteiger partial charge on any atom is 0.414 e. The zero-order chi connectivity index (χ0) is 30.9. The van der Waals surface area contributed by atoms with Crippen LogP contribution in [-0.2, 0) is 29.5 Å². The predicted molar refractivity (Wildman–Crippen MR) is 161 cm³/mol. The van der Waals surface area contributed by atoms with E-state index in [1.165, 1.54) is 29.4 Å². The lowest BCUT2D eigenvalue weighted by atomic mass is 10.0. The highest BCUT2D eigenvalue weighted by atomic mass is 32.2. The fourth-order valence-electron chi connectivity index (χ4n) is 4.16. The Morgan fingerprint density at radius 1 is 1.10 bits per heavy atom. The molecule has 0 N–H and O–H groups in total. The second-order valence-electron chi connectivity index (χ2n) is 8.75. The van der Waals surface area contributed by atoms with Crippen molar-refractivity contribution in [1.82, 2.24) is 0 Å². The van der Waals surface area contributed by atoms with Crippen molar-refractivity contribution < 1.29 is 36.2 Å². The molecule has 11 heteroatoms. The van der Waals surface area contributed by atoms with Gasteiger partial charge in [-0.15, -0.1) is 6.58 Å². The number of hydrogen-bond donors (Lipinski definition) is 0. The van der Waals surface area contributed by atoms with E-state index in [1.807, 2.05) is 31.6 Å². The molecule has 0 spiro atoms. The maximum absolute atomic E-state index is 14.9. The number of rotatable bonds is 8. The number of allylic oxidation sites excluding steroid dienone is 1. The second kappa shape index (κ2) is 19.1. The molecule has 0 saturated carbocycles. The number of hydrogen-bond acceptors (Lipinski definition) is 7. The molecule has 8 nitrogen and oxygen atoms in total. The Morgan fingerprint density at radius 3 is 2.24 bits per heavy atom. The van der Waals surface area contributed by atoms with Crippen LogP contribution in [0.25, 0.3) is 11.1 Å². The zero-order valence-electron chi connectivity index (χ0n) is 24.6. The summed E-state index contributed by atoms with van der Waals surface area (Å²) in [6.45, 7) is 13.1. The number of cyclic esters (lactones) is 1. The Morgan fingerprint density at radius 2 is 1.73 bits per heavy atom. The Kier molecular flexibility index (Phi) is 16.7. The number of halogens is 2. The lowest BCUT2D eigenvalue weighted by molar-refractivity contribution is -0.0980. The minimum Gasteiger partial charge on any atom is -0.441 e. The van der Waals surface area contributed by atoms with Crippen molar-refractivity contribution >= 4 is 35.3 Å². The molecule has 2 saturated heterocycles. The van der Waals surface area contributed by atoms with E-state index in [0.717, 1.165) is 19.3 Å². The third kappa shape index (κ3) is 10.6. The lowest BCUT2D eigenvalue weighted by Crippen LogP contribution is -2.37. The van der Waals surface area contributed by atoms with E-state index in [0.29, 0.717) is 30.0 Å². The second-order valence-corrected chi connectivity index (χ2v) is 9.79. The van der Waals surface area contributed by atoms with Crippen molar-refractivity contribution in [3.63, 3.8) is 0 Å². The van der Waals surface area contributed by atoms with Crippen molar-refractivity contribution in [2.24, 2.45) is 0 Å². The average Bonchev–Trinajstić information content (AvgIpc) is 3.38. The number of nitrogens with zero attached hydrogens (tertiary/aromatic N) is 2. The van der Waals surface area contributed by atoms with E-state index < -0.39 is 34.9 Å². The van der Waals surface area contributed by atoms with Gasteiger partial charge in [0.15, 0.2) is 11.1 Å². The standard InChI is InChI=1S/C23H26F2N2O5S.C4H8.C2H6.CH2O/c1-30-17-7-9-26(10-8-17)22-6-3-15(11-21(22)25)19-5-4-16(12-20(19)24)27-13-18(32-23(27)28)14-31-33(2)29;1-3-4-2;2*1-2/h3-6,11-12,17-18H,7-10,13-14H2,1-2H3;3H,1,4H2,2H3;1-2H3;1H2. The summed E-state index contributed by atoms with van der Waals surface area (Å²) >= 11 is -1.47. The largest absolute Gasteiger partial charge is 0.441 e. The smallest absolute Gasteiger partial charge is 0.414 e. The minimum atomic E-state index is -1.47. The Hall–Kier alpha value is -3.15. The van der Waals surface area contributed by atoms with E-state index in [-0.39, 0.29) is 24.8 Å². The summed E-state index contributed by atoms with van der Waals surface area (Å²) in [4.78, 5) is 23.4. The van der Waals surface area contributed by atoms with Gasteiger partial charge in [-0.25, -0.2) is 17.8 Å². The molecule has 2 heterocycles. The number of carbonyl (C=O) groups is 2. The number of methoxy groups -OCH3 is 1. The van der Waals surface area contributed by atoms with Crippen molar-refractivity contribution in [3.05, 3.63) is 60.7 Å². The van der Waals surface area contributed by atoms with Gasteiger partial charge in [0, 0.05) is 32.0 Å². The number of benzene rings is 2. The highest BCUT2D eigenvalue weighted by Crippen LogP contribution is 2.32. The van der Waals surface area contributed by atoms with Crippen LogP contribution >= 0.6 is 0 Å². The molecule has 1 amide bonds. The summed E-state index contributed by atoms with van der Waals surface area (Å²) < 4.78 is 56.4. The molecular weight excluding hydrogens is 554 g/mol. The molecule has 2 aliphatic heterocycles. The summed E-state index contributed by atoms with van der Waals surface area (Å²) in [5, 5.41) is 0. The molecule has 0 radical (unpaired) electrons. The molecular formula is C30H42F2N2O6S. The van der Waals surface area contributed by atoms with Gasteiger partial charge in [0.25, 0.3) is 0 Å². The van der Waals surface area contributed by atoms with E-state index in [2.05, 4.69) is 13.5 Å². The van der Waals surface area contributed by atoms with E-state index in [1.54, 1.807) is 25.3 Å². The van der Waals surface area contributed by atoms with Crippen LogP contribution in [0.2, 0.25) is 0 Å². The molecule has 2 fully saturated rings. The first kappa shape index (κ1) is 35.9. The fourth-order valence-corrected chi connectivity index (χ4v) is 4.50. The molecule has 4 rings (SSSR count). The number of anilines is 2. The van der Waals surface area contributed by atoms with Crippen molar-refractivity contribution in [1.29, 1.82) is 0 Å². The Labute approximate surface area is 244 Å². The topological polar surface area (TPSA) is 85.4 Å². The molecule has 2 aromatic rings. The van der Waals surface area contributed by atoms with Crippen LogP contribution in [0.5, 0.6) is 0 Å². The molecule has 2 atom stereocenters. The van der Waals surface area contributed by atoms with Gasteiger partial charge in [0.05, 0.1) is 24.0 Å². The summed E-state index contributed by atoms with van der Waals surface area (Å²) in [5.74, 6) is -0.992. The maximum atomic E-state index is 14.9. The van der Waals surface area contributed by atoms with E-state index >= 15 is 0 Å². The third-order valence-corrected chi connectivity index (χ3v) is 6.69. The van der Waals surface area contributed by atoms with Crippen LogP contribution in [0.15, 0.2) is 49.1 Å². The Balaban J connectivity index is 0.000000950. The van der Waals surface area contributed by atoms with Crippen LogP contribution in [0, 0.1) is 11.6 Å². The molecule has 0 aromatic heterocycles. The first-order valence-electron chi connectivity index (χ1n) is 13.5.